The van der Waals surface area contributed by atoms with Crippen LogP contribution in [0.4, 0.5) is 5.69 Å². The van der Waals surface area contributed by atoms with E-state index in [4.69, 9.17) is 30.9 Å². The minimum atomic E-state index is -1.75. The van der Waals surface area contributed by atoms with Crippen LogP contribution in [0.1, 0.15) is 34.1 Å². The summed E-state index contributed by atoms with van der Waals surface area (Å²) in [5.41, 5.74) is 0.447. The molecular formula is C26H22ClN3O7. The lowest BCUT2D eigenvalue weighted by Gasteiger charge is -2.35. The van der Waals surface area contributed by atoms with E-state index in [1.807, 2.05) is 0 Å². The molecule has 0 amide bonds. The number of nitrogens with one attached hydrogen (secondary N) is 1. The van der Waals surface area contributed by atoms with Crippen LogP contribution < -0.4 is 19.5 Å². The Labute approximate surface area is 216 Å². The molecule has 5 rings (SSSR count). The van der Waals surface area contributed by atoms with Crippen LogP contribution in [0, 0.1) is 5.92 Å². The van der Waals surface area contributed by atoms with Crippen molar-refractivity contribution in [3.63, 3.8) is 0 Å². The van der Waals surface area contributed by atoms with Gasteiger partial charge in [0.05, 0.1) is 31.7 Å². The van der Waals surface area contributed by atoms with Crippen molar-refractivity contribution in [2.75, 3.05) is 19.5 Å². The van der Waals surface area contributed by atoms with Crippen LogP contribution in [0.3, 0.4) is 0 Å². The molecule has 1 spiro atoms. The monoisotopic (exact) mass is 523 g/mol. The smallest absolute Gasteiger partial charge is 0.338 e. The molecule has 1 aliphatic carbocycles. The van der Waals surface area contributed by atoms with Gasteiger partial charge in [0.2, 0.25) is 17.2 Å². The lowest BCUT2D eigenvalue weighted by atomic mass is 9.74. The average molecular weight is 524 g/mol. The van der Waals surface area contributed by atoms with Gasteiger partial charge in [-0.15, -0.1) is 0 Å². The molecule has 2 heterocycles. The number of ketones is 2. The molecule has 11 heteroatoms. The number of hydrogen-bond acceptors (Lipinski definition) is 8. The number of allylic oxidation sites excluding steroid dienone is 1. The zero-order chi connectivity index (χ0) is 26.5. The van der Waals surface area contributed by atoms with Gasteiger partial charge in [0.15, 0.2) is 5.75 Å². The molecule has 3 aromatic rings. The summed E-state index contributed by atoms with van der Waals surface area (Å²) in [6, 6.07) is 8.58. The lowest BCUT2D eigenvalue weighted by Crippen LogP contribution is -2.55. The molecule has 2 N–H and O–H groups in total. The Hall–Kier alpha value is -4.31. The average Bonchev–Trinajstić information content (AvgIpc) is 3.49. The highest BCUT2D eigenvalue weighted by molar-refractivity contribution is 6.36. The molecule has 2 aromatic carbocycles. The van der Waals surface area contributed by atoms with Crippen molar-refractivity contribution in [3.05, 3.63) is 70.6 Å². The third kappa shape index (κ3) is 3.80. The number of benzene rings is 2. The Kier molecular flexibility index (Phi) is 5.91. The Bertz CT molecular complexity index is 1480. The highest BCUT2D eigenvalue weighted by atomic mass is 35.5. The quantitative estimate of drug-likeness (QED) is 0.457. The number of ether oxygens (including phenoxy) is 3. The van der Waals surface area contributed by atoms with E-state index in [2.05, 4.69) is 10.4 Å². The third-order valence-corrected chi connectivity index (χ3v) is 6.93. The maximum Gasteiger partial charge on any atom is 0.338 e. The van der Waals surface area contributed by atoms with Gasteiger partial charge in [-0.1, -0.05) is 18.5 Å². The highest BCUT2D eigenvalue weighted by Gasteiger charge is 2.60. The van der Waals surface area contributed by atoms with Crippen molar-refractivity contribution in [1.82, 2.24) is 9.78 Å². The largest absolute Gasteiger partial charge is 0.496 e. The number of aromatic nitrogens is 2. The number of halogens is 1. The molecule has 2 atom stereocenters. The highest BCUT2D eigenvalue weighted by Crippen LogP contribution is 2.53. The molecule has 10 nitrogen and oxygen atoms in total. The van der Waals surface area contributed by atoms with Crippen LogP contribution in [-0.4, -0.2) is 52.2 Å². The zero-order valence-corrected chi connectivity index (χ0v) is 20.8. The number of fused-ring (bicyclic) bond motifs is 1. The van der Waals surface area contributed by atoms with E-state index < -0.39 is 29.1 Å². The van der Waals surface area contributed by atoms with Crippen molar-refractivity contribution >= 4 is 34.8 Å². The predicted octanol–water partition coefficient (Wildman–Crippen LogP) is 4.16. The number of Topliss-reactive ketones (excluding diaryl/α,β-unsaturated/α-hetero) is 1. The van der Waals surface area contributed by atoms with E-state index in [0.29, 0.717) is 23.5 Å². The van der Waals surface area contributed by atoms with Gasteiger partial charge in [-0.3, -0.25) is 9.59 Å². The summed E-state index contributed by atoms with van der Waals surface area (Å²) < 4.78 is 18.1. The summed E-state index contributed by atoms with van der Waals surface area (Å²) in [5, 5.41) is 16.4. The van der Waals surface area contributed by atoms with E-state index in [1.54, 1.807) is 31.2 Å². The normalized spacial score (nSPS) is 20.3. The number of methoxy groups -OCH3 is 2. The van der Waals surface area contributed by atoms with E-state index in [0.717, 1.165) is 0 Å². The third-order valence-electron chi connectivity index (χ3n) is 6.58. The van der Waals surface area contributed by atoms with E-state index in [9.17, 15) is 14.4 Å². The van der Waals surface area contributed by atoms with Gasteiger partial charge in [-0.2, -0.15) is 5.10 Å². The molecule has 2 unspecified atom stereocenters. The van der Waals surface area contributed by atoms with E-state index in [-0.39, 0.29) is 33.4 Å². The second-order valence-corrected chi connectivity index (χ2v) is 9.13. The summed E-state index contributed by atoms with van der Waals surface area (Å²) >= 11 is 6.42. The van der Waals surface area contributed by atoms with Crippen molar-refractivity contribution in [2.24, 2.45) is 5.92 Å². The first-order valence-corrected chi connectivity index (χ1v) is 11.7. The van der Waals surface area contributed by atoms with Gasteiger partial charge >= 0.3 is 5.97 Å². The maximum atomic E-state index is 13.6. The van der Waals surface area contributed by atoms with E-state index >= 15 is 0 Å². The van der Waals surface area contributed by atoms with Gasteiger partial charge in [0.1, 0.15) is 22.1 Å². The van der Waals surface area contributed by atoms with Gasteiger partial charge in [-0.25, -0.2) is 9.48 Å². The second kappa shape index (κ2) is 8.97. The molecule has 0 radical (unpaired) electrons. The Morgan fingerprint density at radius 3 is 2.51 bits per heavy atom. The van der Waals surface area contributed by atoms with Crippen LogP contribution in [0.2, 0.25) is 5.02 Å². The van der Waals surface area contributed by atoms with Crippen LogP contribution in [0.15, 0.2) is 54.5 Å². The minimum Gasteiger partial charge on any atom is -0.496 e. The number of carbonyl (C=O) groups excluding carboxylic acids is 2. The number of carboxylic acid groups (broad SMARTS) is 1. The first-order chi connectivity index (χ1) is 17.7. The fraction of sp³-hybridized carbons (Fsp3) is 0.231. The summed E-state index contributed by atoms with van der Waals surface area (Å²) in [6.07, 6.45) is 4.42. The van der Waals surface area contributed by atoms with Crippen molar-refractivity contribution < 1.29 is 33.7 Å². The molecule has 1 aliphatic heterocycles. The fourth-order valence-electron chi connectivity index (χ4n) is 4.67. The number of carbonyl (C=O) groups is 3. The van der Waals surface area contributed by atoms with Gasteiger partial charge < -0.3 is 24.6 Å². The summed E-state index contributed by atoms with van der Waals surface area (Å²) in [6.45, 7) is 1.77. The fourth-order valence-corrected chi connectivity index (χ4v) is 4.94. The number of aromatic carboxylic acids is 1. The van der Waals surface area contributed by atoms with Crippen molar-refractivity contribution in [3.8, 4) is 22.9 Å². The van der Waals surface area contributed by atoms with Gasteiger partial charge in [0.25, 0.3) is 0 Å². The van der Waals surface area contributed by atoms with Crippen LogP contribution >= 0.6 is 11.6 Å². The summed E-state index contributed by atoms with van der Waals surface area (Å²) in [5.74, 6) is -2.00. The molecule has 1 aromatic heterocycles. The van der Waals surface area contributed by atoms with Crippen molar-refractivity contribution in [1.29, 1.82) is 0 Å². The maximum absolute atomic E-state index is 13.6. The topological polar surface area (TPSA) is 129 Å². The Balaban J connectivity index is 1.40. The molecule has 0 fully saturated rings. The summed E-state index contributed by atoms with van der Waals surface area (Å²) in [4.78, 5) is 38.1. The molecule has 0 bridgehead atoms. The molecular weight excluding hydrogens is 502 g/mol. The van der Waals surface area contributed by atoms with Gasteiger partial charge in [-0.05, 0) is 30.7 Å². The first-order valence-electron chi connectivity index (χ1n) is 11.3. The number of anilines is 1. The number of carboxylic acids is 1. The Morgan fingerprint density at radius 1 is 1.22 bits per heavy atom. The first kappa shape index (κ1) is 24.4. The molecule has 2 aliphatic rings. The molecule has 0 saturated carbocycles. The Morgan fingerprint density at radius 2 is 1.92 bits per heavy atom. The SMILES string of the molecule is COc1cc(OC)c2c(c1Cl)OC1(C(=O)C=C(Nc3ccc(-n4cc(C(=O)O)cn4)cc3)CC1C)C2=O. The number of rotatable bonds is 6. The summed E-state index contributed by atoms with van der Waals surface area (Å²) in [7, 11) is 2.85. The molecule has 37 heavy (non-hydrogen) atoms. The number of hydrogen-bond donors (Lipinski definition) is 2. The van der Waals surface area contributed by atoms with E-state index in [1.165, 1.54) is 43.4 Å². The van der Waals surface area contributed by atoms with Crippen LogP contribution in [0.5, 0.6) is 17.2 Å². The molecule has 0 saturated heterocycles. The lowest BCUT2D eigenvalue weighted by molar-refractivity contribution is -0.129. The second-order valence-electron chi connectivity index (χ2n) is 8.76. The van der Waals surface area contributed by atoms with Crippen LogP contribution in [0.25, 0.3) is 5.69 Å². The predicted molar refractivity (Wildman–Crippen MR) is 133 cm³/mol. The standard InChI is InChI=1S/C26H22ClN3O7/c1-13-8-16(29-15-4-6-17(7-5-15)30-12-14(11-28-30)25(33)34)9-20(31)26(13)24(32)21-18(35-2)10-19(36-3)22(27)23(21)37-26/h4-7,9-13,29H,8H2,1-3H3,(H,33,34). The minimum absolute atomic E-state index is 0.0770. The molecule has 190 valence electrons. The zero-order valence-electron chi connectivity index (χ0n) is 20.1. The number of nitrogens with zero attached hydrogens (tertiary/aromatic N) is 2. The van der Waals surface area contributed by atoms with Gasteiger partial charge in [0, 0.05) is 35.6 Å². The van der Waals surface area contributed by atoms with Crippen molar-refractivity contribution in [2.45, 2.75) is 18.9 Å². The van der Waals surface area contributed by atoms with Crippen LogP contribution in [-0.2, 0) is 4.79 Å².